The van der Waals surface area contributed by atoms with E-state index in [0.29, 0.717) is 5.69 Å². The van der Waals surface area contributed by atoms with E-state index < -0.39 is 15.9 Å². The van der Waals surface area contributed by atoms with Crippen molar-refractivity contribution in [3.8, 4) is 5.75 Å². The number of methoxy groups -OCH3 is 1. The molecule has 1 N–H and O–H groups in total. The van der Waals surface area contributed by atoms with E-state index in [-0.39, 0.29) is 23.7 Å². The van der Waals surface area contributed by atoms with Gasteiger partial charge in [-0.2, -0.15) is 4.31 Å². The average molecular weight is 439 g/mol. The number of hydrogen-bond donors (Lipinski definition) is 1. The number of anilines is 1. The largest absolute Gasteiger partial charge is 0.495 e. The van der Waals surface area contributed by atoms with Gasteiger partial charge in [-0.3, -0.25) is 4.79 Å². The molecule has 7 heteroatoms. The van der Waals surface area contributed by atoms with E-state index in [9.17, 15) is 13.2 Å². The molecule has 6 nitrogen and oxygen atoms in total. The number of benzene rings is 3. The summed E-state index contributed by atoms with van der Waals surface area (Å²) in [5.41, 5.74) is 3.24. The van der Waals surface area contributed by atoms with Crippen LogP contribution in [0, 0.1) is 13.8 Å². The molecule has 0 saturated heterocycles. The van der Waals surface area contributed by atoms with Crippen LogP contribution in [0.3, 0.4) is 0 Å². The van der Waals surface area contributed by atoms with E-state index in [2.05, 4.69) is 5.32 Å². The normalized spacial score (nSPS) is 11.4. The standard InChI is InChI=1S/C24H26N2O4S/c1-18-9-12-21(13-10-18)25-24(27)17-26(16-20-7-5-4-6-8-20)31(28,29)23-15-19(2)11-14-22(23)30-3/h4-15H,16-17H2,1-3H3,(H,25,27). The van der Waals surface area contributed by atoms with Crippen molar-refractivity contribution in [1.29, 1.82) is 0 Å². The van der Waals surface area contributed by atoms with Crippen LogP contribution in [0.15, 0.2) is 77.7 Å². The Hall–Kier alpha value is -3.16. The van der Waals surface area contributed by atoms with Crippen molar-refractivity contribution in [2.24, 2.45) is 0 Å². The topological polar surface area (TPSA) is 75.7 Å². The molecule has 0 spiro atoms. The smallest absolute Gasteiger partial charge is 0.247 e. The van der Waals surface area contributed by atoms with Crippen LogP contribution in [0.2, 0.25) is 0 Å². The lowest BCUT2D eigenvalue weighted by Gasteiger charge is -2.23. The highest BCUT2D eigenvalue weighted by Crippen LogP contribution is 2.28. The van der Waals surface area contributed by atoms with Crippen molar-refractivity contribution < 1.29 is 17.9 Å². The van der Waals surface area contributed by atoms with Gasteiger partial charge in [0.15, 0.2) is 0 Å². The average Bonchev–Trinajstić information content (AvgIpc) is 2.75. The first-order chi connectivity index (χ1) is 14.8. The molecule has 3 aromatic rings. The van der Waals surface area contributed by atoms with E-state index in [1.165, 1.54) is 11.4 Å². The fraction of sp³-hybridized carbons (Fsp3) is 0.208. The van der Waals surface area contributed by atoms with Gasteiger partial charge in [-0.1, -0.05) is 54.1 Å². The Morgan fingerprint density at radius 2 is 1.58 bits per heavy atom. The van der Waals surface area contributed by atoms with Crippen LogP contribution in [0.25, 0.3) is 0 Å². The maximum atomic E-state index is 13.6. The first-order valence-electron chi connectivity index (χ1n) is 9.85. The third-order valence-electron chi connectivity index (χ3n) is 4.79. The van der Waals surface area contributed by atoms with Crippen molar-refractivity contribution in [2.45, 2.75) is 25.3 Å². The molecule has 0 aromatic heterocycles. The summed E-state index contributed by atoms with van der Waals surface area (Å²) in [5, 5.41) is 2.77. The van der Waals surface area contributed by atoms with E-state index in [1.807, 2.05) is 56.3 Å². The van der Waals surface area contributed by atoms with E-state index >= 15 is 0 Å². The Kier molecular flexibility index (Phi) is 7.09. The second kappa shape index (κ2) is 9.76. The molecule has 0 saturated carbocycles. The molecule has 0 bridgehead atoms. The maximum Gasteiger partial charge on any atom is 0.247 e. The minimum atomic E-state index is -4.01. The monoisotopic (exact) mass is 438 g/mol. The summed E-state index contributed by atoms with van der Waals surface area (Å²) < 4.78 is 33.6. The molecule has 3 aromatic carbocycles. The predicted molar refractivity (Wildman–Crippen MR) is 122 cm³/mol. The molecular weight excluding hydrogens is 412 g/mol. The molecular formula is C24H26N2O4S. The first kappa shape index (κ1) is 22.5. The highest BCUT2D eigenvalue weighted by molar-refractivity contribution is 7.89. The van der Waals surface area contributed by atoms with Crippen molar-refractivity contribution in [3.63, 3.8) is 0 Å². The van der Waals surface area contributed by atoms with Gasteiger partial charge >= 0.3 is 0 Å². The Morgan fingerprint density at radius 3 is 2.23 bits per heavy atom. The highest BCUT2D eigenvalue weighted by Gasteiger charge is 2.30. The van der Waals surface area contributed by atoms with Gasteiger partial charge in [-0.05, 0) is 49.2 Å². The Morgan fingerprint density at radius 1 is 0.935 bits per heavy atom. The molecule has 31 heavy (non-hydrogen) atoms. The zero-order valence-electron chi connectivity index (χ0n) is 17.8. The number of sulfonamides is 1. The van der Waals surface area contributed by atoms with Crippen molar-refractivity contribution >= 4 is 21.6 Å². The lowest BCUT2D eigenvalue weighted by Crippen LogP contribution is -2.37. The number of carbonyl (C=O) groups is 1. The molecule has 3 rings (SSSR count). The Labute approximate surface area is 183 Å². The summed E-state index contributed by atoms with van der Waals surface area (Å²) in [6.07, 6.45) is 0. The number of carbonyl (C=O) groups excluding carboxylic acids is 1. The molecule has 1 amide bonds. The summed E-state index contributed by atoms with van der Waals surface area (Å²) in [6.45, 7) is 3.49. The summed E-state index contributed by atoms with van der Waals surface area (Å²) >= 11 is 0. The van der Waals surface area contributed by atoms with Crippen LogP contribution < -0.4 is 10.1 Å². The van der Waals surface area contributed by atoms with E-state index in [0.717, 1.165) is 16.7 Å². The highest BCUT2D eigenvalue weighted by atomic mass is 32.2. The van der Waals surface area contributed by atoms with Gasteiger partial charge in [-0.25, -0.2) is 8.42 Å². The van der Waals surface area contributed by atoms with E-state index in [4.69, 9.17) is 4.74 Å². The Bertz CT molecular complexity index is 1140. The second-order valence-corrected chi connectivity index (χ2v) is 9.23. The molecule has 0 aliphatic carbocycles. The number of amides is 1. The number of nitrogens with one attached hydrogen (secondary N) is 1. The van der Waals surface area contributed by atoms with Crippen LogP contribution in [-0.4, -0.2) is 32.3 Å². The van der Waals surface area contributed by atoms with Gasteiger partial charge in [-0.15, -0.1) is 0 Å². The molecule has 0 atom stereocenters. The lowest BCUT2D eigenvalue weighted by atomic mass is 10.2. The fourth-order valence-corrected chi connectivity index (χ4v) is 4.76. The van der Waals surface area contributed by atoms with Gasteiger partial charge in [0.25, 0.3) is 0 Å². The SMILES string of the molecule is COc1ccc(C)cc1S(=O)(=O)N(CC(=O)Nc1ccc(C)cc1)Cc1ccccc1. The van der Waals surface area contributed by atoms with Gasteiger partial charge in [0, 0.05) is 12.2 Å². The number of aryl methyl sites for hydroxylation is 2. The third-order valence-corrected chi connectivity index (χ3v) is 6.61. The first-order valence-corrected chi connectivity index (χ1v) is 11.3. The van der Waals surface area contributed by atoms with Crippen LogP contribution in [-0.2, 0) is 21.4 Å². The van der Waals surface area contributed by atoms with E-state index in [1.54, 1.807) is 30.3 Å². The minimum absolute atomic E-state index is 0.0362. The summed E-state index contributed by atoms with van der Waals surface area (Å²) in [4.78, 5) is 12.8. The van der Waals surface area contributed by atoms with Crippen LogP contribution >= 0.6 is 0 Å². The number of rotatable bonds is 8. The summed E-state index contributed by atoms with van der Waals surface area (Å²) in [7, 11) is -2.59. The summed E-state index contributed by atoms with van der Waals surface area (Å²) in [5.74, 6) is -0.183. The van der Waals surface area contributed by atoms with Gasteiger partial charge < -0.3 is 10.1 Å². The fourth-order valence-electron chi connectivity index (χ4n) is 3.14. The lowest BCUT2D eigenvalue weighted by molar-refractivity contribution is -0.116. The molecule has 0 unspecified atom stereocenters. The van der Waals surface area contributed by atoms with Crippen molar-refractivity contribution in [2.75, 3.05) is 19.0 Å². The molecule has 0 radical (unpaired) electrons. The van der Waals surface area contributed by atoms with Crippen LogP contribution in [0.4, 0.5) is 5.69 Å². The minimum Gasteiger partial charge on any atom is -0.495 e. The molecule has 162 valence electrons. The van der Waals surface area contributed by atoms with Crippen molar-refractivity contribution in [1.82, 2.24) is 4.31 Å². The summed E-state index contributed by atoms with van der Waals surface area (Å²) in [6, 6.07) is 21.5. The zero-order chi connectivity index (χ0) is 22.4. The number of nitrogens with zero attached hydrogens (tertiary/aromatic N) is 1. The zero-order valence-corrected chi connectivity index (χ0v) is 18.6. The number of ether oxygens (including phenoxy) is 1. The Balaban J connectivity index is 1.93. The molecule has 0 fully saturated rings. The third kappa shape index (κ3) is 5.71. The van der Waals surface area contributed by atoms with Gasteiger partial charge in [0.1, 0.15) is 10.6 Å². The van der Waals surface area contributed by atoms with Crippen LogP contribution in [0.1, 0.15) is 16.7 Å². The molecule has 0 aliphatic heterocycles. The van der Waals surface area contributed by atoms with Crippen LogP contribution in [0.5, 0.6) is 5.75 Å². The van der Waals surface area contributed by atoms with Crippen molar-refractivity contribution in [3.05, 3.63) is 89.5 Å². The molecule has 0 heterocycles. The van der Waals surface area contributed by atoms with Gasteiger partial charge in [0.2, 0.25) is 15.9 Å². The maximum absolute atomic E-state index is 13.6. The quantitative estimate of drug-likeness (QED) is 0.574. The predicted octanol–water partition coefficient (Wildman–Crippen LogP) is 4.14. The number of hydrogen-bond acceptors (Lipinski definition) is 4. The molecule has 0 aliphatic rings. The van der Waals surface area contributed by atoms with Gasteiger partial charge in [0.05, 0.1) is 13.7 Å². The second-order valence-electron chi connectivity index (χ2n) is 7.33.